The molecule has 12 heteroatoms. The number of aromatic hydroxyl groups is 1. The Labute approximate surface area is 307 Å². The smallest absolute Gasteiger partial charge is 0.254 e. The van der Waals surface area contributed by atoms with Crippen LogP contribution in [0.1, 0.15) is 41.0 Å². The highest BCUT2D eigenvalue weighted by Gasteiger charge is 2.76. The average molecular weight is 780 g/mol. The van der Waals surface area contributed by atoms with Crippen molar-refractivity contribution in [1.29, 1.82) is 0 Å². The molecule has 9 nitrogen and oxygen atoms in total. The van der Waals surface area contributed by atoms with E-state index in [-0.39, 0.29) is 30.0 Å². The van der Waals surface area contributed by atoms with Gasteiger partial charge in [-0.2, -0.15) is 0 Å². The molecule has 6 atom stereocenters. The first-order chi connectivity index (χ1) is 23.9. The van der Waals surface area contributed by atoms with Crippen LogP contribution in [0.5, 0.6) is 17.2 Å². The third-order valence-electron chi connectivity index (χ3n) is 10.6. The summed E-state index contributed by atoms with van der Waals surface area (Å²) in [6, 6.07) is 17.7. The van der Waals surface area contributed by atoms with Gasteiger partial charge in [0.2, 0.25) is 11.8 Å². The first-order valence-corrected chi connectivity index (χ1v) is 18.0. The number of imide groups is 2. The van der Waals surface area contributed by atoms with E-state index < -0.39 is 51.1 Å². The van der Waals surface area contributed by atoms with Gasteiger partial charge in [0.1, 0.15) is 17.2 Å². The standard InChI is InChI=1S/C38H33BrCl2N2O7/c1-20-5-4-6-27(32(20)44)31-25-14-15-26-30(28(25)18-37(40)35(47)42(19-39)36(48)38(31,37)41)34(46)43(33(26)45)23-11-8-21(9-12-23)7-10-22-17-24(49-2)13-16-29(22)50-3/h4-14,16-17,26,28,30-31,44H,15,18-19H2,1-3H3/t26-,28+,30-,31+,37+,38-/m0/s1. The maximum atomic E-state index is 14.4. The quantitative estimate of drug-likeness (QED) is 0.0923. The van der Waals surface area contributed by atoms with Crippen LogP contribution in [0.3, 0.4) is 0 Å². The number of aryl methyl sites for hydroxylation is 1. The van der Waals surface area contributed by atoms with Crippen LogP contribution < -0.4 is 14.4 Å². The second-order valence-corrected chi connectivity index (χ2v) is 14.8. The molecule has 4 aliphatic rings. The van der Waals surface area contributed by atoms with Gasteiger partial charge in [-0.05, 0) is 67.1 Å². The van der Waals surface area contributed by atoms with Crippen molar-refractivity contribution in [3.63, 3.8) is 0 Å². The summed E-state index contributed by atoms with van der Waals surface area (Å²) in [4.78, 5) is 54.5. The number of nitrogens with zero attached hydrogens (tertiary/aromatic N) is 2. The molecule has 50 heavy (non-hydrogen) atoms. The Morgan fingerprint density at radius 1 is 0.940 bits per heavy atom. The maximum absolute atomic E-state index is 14.4. The van der Waals surface area contributed by atoms with Gasteiger partial charge in [-0.15, -0.1) is 23.2 Å². The molecule has 258 valence electrons. The summed E-state index contributed by atoms with van der Waals surface area (Å²) in [7, 11) is 3.19. The van der Waals surface area contributed by atoms with Crippen molar-refractivity contribution >= 4 is 80.6 Å². The summed E-state index contributed by atoms with van der Waals surface area (Å²) in [6.45, 7) is 1.72. The van der Waals surface area contributed by atoms with Crippen LogP contribution in [-0.4, -0.2) is 63.1 Å². The lowest BCUT2D eigenvalue weighted by Crippen LogP contribution is -2.60. The van der Waals surface area contributed by atoms with Gasteiger partial charge in [0.05, 0.1) is 37.2 Å². The first-order valence-electron chi connectivity index (χ1n) is 16.1. The van der Waals surface area contributed by atoms with E-state index in [0.717, 1.165) is 16.0 Å². The molecule has 0 radical (unpaired) electrons. The number of anilines is 1. The van der Waals surface area contributed by atoms with E-state index >= 15 is 0 Å². The van der Waals surface area contributed by atoms with Crippen LogP contribution in [0, 0.1) is 24.7 Å². The highest BCUT2D eigenvalue weighted by molar-refractivity contribution is 9.09. The number of ether oxygens (including phenoxy) is 2. The van der Waals surface area contributed by atoms with Crippen molar-refractivity contribution in [3.8, 4) is 17.2 Å². The third-order valence-corrected chi connectivity index (χ3v) is 12.6. The fourth-order valence-electron chi connectivity index (χ4n) is 8.16. The lowest BCUT2D eigenvalue weighted by molar-refractivity contribution is -0.138. The Kier molecular flexibility index (Phi) is 8.64. The van der Waals surface area contributed by atoms with E-state index in [1.165, 1.54) is 4.90 Å². The van der Waals surface area contributed by atoms with Gasteiger partial charge >= 0.3 is 0 Å². The van der Waals surface area contributed by atoms with Crippen LogP contribution >= 0.6 is 39.1 Å². The number of rotatable bonds is 7. The third kappa shape index (κ3) is 4.86. The highest BCUT2D eigenvalue weighted by Crippen LogP contribution is 2.66. The SMILES string of the molecule is COc1ccc(OC)c(C=Cc2ccc(N3C(=O)[C@H]4[C@H](CC=C5[C@H]4C[C@@]4(Cl)C(=O)N(CBr)C(=O)[C@@]4(Cl)[C@H]5c4cccc(C)c4O)C3=O)cc2)c1. The minimum atomic E-state index is -1.98. The molecule has 2 aliphatic heterocycles. The summed E-state index contributed by atoms with van der Waals surface area (Å²) >= 11 is 17.8. The van der Waals surface area contributed by atoms with Gasteiger partial charge in [0.15, 0.2) is 9.75 Å². The van der Waals surface area contributed by atoms with Crippen LogP contribution in [0.2, 0.25) is 0 Å². The number of para-hydroxylation sites is 1. The largest absolute Gasteiger partial charge is 0.507 e. The van der Waals surface area contributed by atoms with E-state index in [1.807, 2.05) is 48.6 Å². The Morgan fingerprint density at radius 3 is 2.36 bits per heavy atom. The monoisotopic (exact) mass is 778 g/mol. The van der Waals surface area contributed by atoms with Crippen molar-refractivity contribution in [3.05, 3.63) is 94.6 Å². The van der Waals surface area contributed by atoms with Crippen LogP contribution in [0.25, 0.3) is 12.2 Å². The number of carbonyl (C=O) groups is 4. The second-order valence-electron chi connectivity index (χ2n) is 13.0. The molecule has 0 bridgehead atoms. The molecule has 2 saturated heterocycles. The van der Waals surface area contributed by atoms with E-state index in [4.69, 9.17) is 32.7 Å². The average Bonchev–Trinajstić information content (AvgIpc) is 3.46. The molecule has 3 fully saturated rings. The zero-order valence-electron chi connectivity index (χ0n) is 27.4. The van der Waals surface area contributed by atoms with Crippen molar-refractivity contribution in [1.82, 2.24) is 4.90 Å². The molecular formula is C38H33BrCl2N2O7. The second kappa shape index (κ2) is 12.6. The van der Waals surface area contributed by atoms with Crippen LogP contribution in [0.15, 0.2) is 72.3 Å². The minimum Gasteiger partial charge on any atom is -0.507 e. The summed E-state index contributed by atoms with van der Waals surface area (Å²) in [6.07, 6.45) is 5.72. The molecule has 1 saturated carbocycles. The lowest BCUT2D eigenvalue weighted by Gasteiger charge is -2.50. The molecule has 3 aromatic rings. The fourth-order valence-corrected chi connectivity index (χ4v) is 9.58. The Hall–Kier alpha value is -4.12. The van der Waals surface area contributed by atoms with Gasteiger partial charge in [-0.25, -0.2) is 0 Å². The number of methoxy groups -OCH3 is 2. The summed E-state index contributed by atoms with van der Waals surface area (Å²) in [5.41, 5.74) is 3.44. The molecule has 7 rings (SSSR count). The maximum Gasteiger partial charge on any atom is 0.254 e. The summed E-state index contributed by atoms with van der Waals surface area (Å²) < 4.78 is 10.8. The fraction of sp³-hybridized carbons (Fsp3) is 0.316. The molecule has 3 aromatic carbocycles. The first kappa shape index (κ1) is 34.3. The molecule has 2 heterocycles. The number of likely N-dealkylation sites (tertiary alicyclic amines) is 1. The Morgan fingerprint density at radius 2 is 1.68 bits per heavy atom. The van der Waals surface area contributed by atoms with Gasteiger partial charge < -0.3 is 14.6 Å². The number of amides is 4. The van der Waals surface area contributed by atoms with Crippen molar-refractivity contribution in [2.24, 2.45) is 17.8 Å². The predicted octanol–water partition coefficient (Wildman–Crippen LogP) is 6.80. The number of hydrogen-bond donors (Lipinski definition) is 1. The number of halogens is 3. The topological polar surface area (TPSA) is 113 Å². The lowest BCUT2D eigenvalue weighted by atomic mass is 9.56. The molecule has 4 amide bonds. The minimum absolute atomic E-state index is 0.0767. The van der Waals surface area contributed by atoms with E-state index in [1.54, 1.807) is 51.5 Å². The van der Waals surface area contributed by atoms with Crippen molar-refractivity contribution in [2.75, 3.05) is 24.6 Å². The Balaban J connectivity index is 1.24. The number of phenols is 1. The number of carbonyl (C=O) groups excluding carboxylic acids is 4. The van der Waals surface area contributed by atoms with Gasteiger partial charge in [0, 0.05) is 17.0 Å². The normalized spacial score (nSPS) is 28.9. The predicted molar refractivity (Wildman–Crippen MR) is 194 cm³/mol. The highest BCUT2D eigenvalue weighted by atomic mass is 79.9. The number of allylic oxidation sites excluding steroid dienone is 2. The number of alkyl halides is 3. The van der Waals surface area contributed by atoms with Crippen LogP contribution in [-0.2, 0) is 19.2 Å². The van der Waals surface area contributed by atoms with Crippen molar-refractivity contribution in [2.45, 2.75) is 35.4 Å². The summed E-state index contributed by atoms with van der Waals surface area (Å²) in [5, 5.41) is 11.3. The van der Waals surface area contributed by atoms with Gasteiger partial charge in [-0.3, -0.25) is 29.0 Å². The van der Waals surface area contributed by atoms with Crippen molar-refractivity contribution < 1.29 is 33.8 Å². The Bertz CT molecular complexity index is 2020. The molecule has 0 unspecified atom stereocenters. The van der Waals surface area contributed by atoms with Crippen LogP contribution in [0.4, 0.5) is 5.69 Å². The molecule has 0 spiro atoms. The zero-order chi connectivity index (χ0) is 35.7. The van der Waals surface area contributed by atoms with E-state index in [2.05, 4.69) is 15.9 Å². The number of hydrogen-bond acceptors (Lipinski definition) is 7. The van der Waals surface area contributed by atoms with Gasteiger partial charge in [0.25, 0.3) is 11.8 Å². The zero-order valence-corrected chi connectivity index (χ0v) is 30.5. The van der Waals surface area contributed by atoms with E-state index in [0.29, 0.717) is 33.9 Å². The number of benzene rings is 3. The number of fused-ring (bicyclic) bond motifs is 4. The number of phenolic OH excluding ortho intramolecular Hbond substituents is 1. The molecule has 2 aliphatic carbocycles. The molecule has 1 N–H and O–H groups in total. The van der Waals surface area contributed by atoms with Gasteiger partial charge in [-0.1, -0.05) is 70.1 Å². The van der Waals surface area contributed by atoms with E-state index in [9.17, 15) is 24.3 Å². The summed E-state index contributed by atoms with van der Waals surface area (Å²) in [5.74, 6) is -4.13. The molecular weight excluding hydrogens is 747 g/mol. The molecule has 0 aromatic heterocycles.